The Morgan fingerprint density at radius 2 is 1.97 bits per heavy atom. The Bertz CT molecular complexity index is 1090. The summed E-state index contributed by atoms with van der Waals surface area (Å²) in [6.45, 7) is 1.34. The molecule has 0 aliphatic heterocycles. The van der Waals surface area contributed by atoms with Crippen LogP contribution in [-0.2, 0) is 20.9 Å². The highest BCUT2D eigenvalue weighted by molar-refractivity contribution is 9.10. The summed E-state index contributed by atoms with van der Waals surface area (Å²) in [5.74, 6) is -1.95. The van der Waals surface area contributed by atoms with E-state index in [0.717, 1.165) is 10.9 Å². The van der Waals surface area contributed by atoms with E-state index in [9.17, 15) is 14.0 Å². The number of halogens is 2. The molecule has 0 fully saturated rings. The lowest BCUT2D eigenvalue weighted by Gasteiger charge is -2.14. The van der Waals surface area contributed by atoms with E-state index in [2.05, 4.69) is 26.2 Å². The number of nitrogens with zero attached hydrogens (tertiary/aromatic N) is 1. The monoisotopic (exact) mass is 460 g/mol. The minimum absolute atomic E-state index is 0.00197. The highest BCUT2D eigenvalue weighted by Crippen LogP contribution is 2.24. The van der Waals surface area contributed by atoms with Gasteiger partial charge < -0.3 is 14.8 Å². The van der Waals surface area contributed by atoms with Gasteiger partial charge in [0.2, 0.25) is 0 Å². The second-order valence-corrected chi connectivity index (χ2v) is 7.17. The molecule has 3 rings (SSSR count). The first-order valence-electron chi connectivity index (χ1n) is 8.70. The van der Waals surface area contributed by atoms with Crippen molar-refractivity contribution in [1.82, 2.24) is 4.98 Å². The fourth-order valence-corrected chi connectivity index (χ4v) is 3.27. The maximum absolute atomic E-state index is 13.8. The van der Waals surface area contributed by atoms with Crippen molar-refractivity contribution in [3.8, 4) is 0 Å². The lowest BCUT2D eigenvalue weighted by Crippen LogP contribution is -2.22. The number of benzene rings is 2. The Kier molecular flexibility index (Phi) is 6.56. The molecule has 0 unspecified atom stereocenters. The van der Waals surface area contributed by atoms with Crippen LogP contribution in [0.25, 0.3) is 10.9 Å². The third-order valence-electron chi connectivity index (χ3n) is 4.25. The van der Waals surface area contributed by atoms with Gasteiger partial charge in [0.15, 0.2) is 6.61 Å². The fraction of sp³-hybridized carbons (Fsp3) is 0.190. The number of aromatic nitrogens is 1. The molecule has 0 radical (unpaired) electrons. The number of anilines is 1. The molecule has 29 heavy (non-hydrogen) atoms. The number of carbonyl (C=O) groups excluding carboxylic acids is 2. The van der Waals surface area contributed by atoms with Gasteiger partial charge in [0.25, 0.3) is 5.91 Å². The number of amides is 1. The normalized spacial score (nSPS) is 10.8. The molecule has 150 valence electrons. The van der Waals surface area contributed by atoms with E-state index >= 15 is 0 Å². The van der Waals surface area contributed by atoms with Crippen LogP contribution < -0.4 is 5.32 Å². The topological polar surface area (TPSA) is 77.5 Å². The van der Waals surface area contributed by atoms with Crippen molar-refractivity contribution in [3.05, 3.63) is 69.6 Å². The lowest BCUT2D eigenvalue weighted by atomic mass is 10.0. The van der Waals surface area contributed by atoms with Crippen molar-refractivity contribution in [2.75, 3.05) is 19.0 Å². The van der Waals surface area contributed by atoms with Crippen LogP contribution in [0.1, 0.15) is 21.6 Å². The maximum Gasteiger partial charge on any atom is 0.340 e. The summed E-state index contributed by atoms with van der Waals surface area (Å²) >= 11 is 3.14. The molecule has 1 amide bonds. The highest BCUT2D eigenvalue weighted by atomic mass is 79.9. The molecular formula is C21H18BrFN2O4. The average Bonchev–Trinajstić information content (AvgIpc) is 2.69. The second-order valence-electron chi connectivity index (χ2n) is 6.26. The first-order valence-corrected chi connectivity index (χ1v) is 9.49. The molecule has 6 nitrogen and oxygen atoms in total. The average molecular weight is 461 g/mol. The summed E-state index contributed by atoms with van der Waals surface area (Å²) < 4.78 is 24.7. The zero-order chi connectivity index (χ0) is 21.0. The zero-order valence-corrected chi connectivity index (χ0v) is 17.4. The Morgan fingerprint density at radius 1 is 1.21 bits per heavy atom. The van der Waals surface area contributed by atoms with Crippen molar-refractivity contribution in [2.24, 2.45) is 0 Å². The van der Waals surface area contributed by atoms with E-state index in [1.165, 1.54) is 19.2 Å². The van der Waals surface area contributed by atoms with Crippen LogP contribution in [0.3, 0.4) is 0 Å². The van der Waals surface area contributed by atoms with Gasteiger partial charge in [-0.3, -0.25) is 4.79 Å². The van der Waals surface area contributed by atoms with Crippen molar-refractivity contribution in [2.45, 2.75) is 13.5 Å². The molecule has 0 saturated carbocycles. The number of esters is 1. The highest BCUT2D eigenvalue weighted by Gasteiger charge is 2.21. The molecule has 0 saturated heterocycles. The van der Waals surface area contributed by atoms with E-state index in [0.29, 0.717) is 15.7 Å². The Labute approximate surface area is 175 Å². The zero-order valence-electron chi connectivity index (χ0n) is 15.8. The van der Waals surface area contributed by atoms with Gasteiger partial charge in [0.1, 0.15) is 5.82 Å². The molecule has 1 aromatic heterocycles. The van der Waals surface area contributed by atoms with E-state index in [4.69, 9.17) is 9.47 Å². The summed E-state index contributed by atoms with van der Waals surface area (Å²) in [5.41, 5.74) is 2.10. The molecule has 8 heteroatoms. The van der Waals surface area contributed by atoms with Crippen LogP contribution in [0.15, 0.2) is 46.9 Å². The number of para-hydroxylation sites is 1. The molecule has 0 spiro atoms. The molecule has 3 aromatic rings. The Morgan fingerprint density at radius 3 is 2.69 bits per heavy atom. The number of carbonyl (C=O) groups is 2. The quantitative estimate of drug-likeness (QED) is 0.552. The molecule has 1 heterocycles. The van der Waals surface area contributed by atoms with Crippen molar-refractivity contribution < 1.29 is 23.5 Å². The van der Waals surface area contributed by atoms with Gasteiger partial charge in [-0.25, -0.2) is 14.2 Å². The van der Waals surface area contributed by atoms with Crippen LogP contribution in [0, 0.1) is 12.7 Å². The summed E-state index contributed by atoms with van der Waals surface area (Å²) in [5, 5.41) is 3.18. The molecule has 2 aromatic carbocycles. The number of hydrogen-bond acceptors (Lipinski definition) is 5. The lowest BCUT2D eigenvalue weighted by molar-refractivity contribution is -0.119. The predicted molar refractivity (Wildman–Crippen MR) is 110 cm³/mol. The molecule has 0 aliphatic rings. The SMILES string of the molecule is COCc1nc2ccccc2c(C)c1C(=O)OCC(=O)Nc1ccc(Br)cc1F. The molecular weight excluding hydrogens is 443 g/mol. The third kappa shape index (κ3) is 4.78. The standard InChI is InChI=1S/C21H18BrFN2O4/c1-12-14-5-3-4-6-16(14)24-18(10-28-2)20(12)21(27)29-11-19(26)25-17-8-7-13(22)9-15(17)23/h3-9H,10-11H2,1-2H3,(H,25,26). The number of nitrogens with one attached hydrogen (secondary N) is 1. The number of methoxy groups -OCH3 is 1. The van der Waals surface area contributed by atoms with Crippen LogP contribution in [0.5, 0.6) is 0 Å². The minimum atomic E-state index is -0.695. The maximum atomic E-state index is 13.8. The first-order chi connectivity index (χ1) is 13.9. The Hall–Kier alpha value is -2.84. The number of rotatable bonds is 6. The number of pyridine rings is 1. The van der Waals surface area contributed by atoms with E-state index in [1.54, 1.807) is 13.0 Å². The fourth-order valence-electron chi connectivity index (χ4n) is 2.93. The van der Waals surface area contributed by atoms with E-state index < -0.39 is 24.3 Å². The summed E-state index contributed by atoms with van der Waals surface area (Å²) in [7, 11) is 1.50. The van der Waals surface area contributed by atoms with Gasteiger partial charge in [-0.2, -0.15) is 0 Å². The van der Waals surface area contributed by atoms with Gasteiger partial charge in [-0.1, -0.05) is 34.1 Å². The van der Waals surface area contributed by atoms with Gasteiger partial charge in [-0.15, -0.1) is 0 Å². The predicted octanol–water partition coefficient (Wildman–Crippen LogP) is 4.39. The summed E-state index contributed by atoms with van der Waals surface area (Å²) in [6, 6.07) is 11.6. The van der Waals surface area contributed by atoms with Crippen LogP contribution >= 0.6 is 15.9 Å². The number of aryl methyl sites for hydroxylation is 1. The van der Waals surface area contributed by atoms with Crippen LogP contribution in [0.2, 0.25) is 0 Å². The minimum Gasteiger partial charge on any atom is -0.452 e. The number of hydrogen-bond donors (Lipinski definition) is 1. The summed E-state index contributed by atoms with van der Waals surface area (Å²) in [6.07, 6.45) is 0. The number of fused-ring (bicyclic) bond motifs is 1. The summed E-state index contributed by atoms with van der Waals surface area (Å²) in [4.78, 5) is 29.3. The van der Waals surface area contributed by atoms with Gasteiger partial charge >= 0.3 is 5.97 Å². The van der Waals surface area contributed by atoms with Crippen LogP contribution in [-0.4, -0.2) is 30.6 Å². The largest absolute Gasteiger partial charge is 0.452 e. The van der Waals surface area contributed by atoms with E-state index in [1.807, 2.05) is 24.3 Å². The van der Waals surface area contributed by atoms with E-state index in [-0.39, 0.29) is 17.9 Å². The van der Waals surface area contributed by atoms with Crippen molar-refractivity contribution in [1.29, 1.82) is 0 Å². The van der Waals surface area contributed by atoms with Gasteiger partial charge in [0.05, 0.1) is 29.1 Å². The van der Waals surface area contributed by atoms with Crippen LogP contribution in [0.4, 0.5) is 10.1 Å². The molecule has 0 aliphatic carbocycles. The van der Waals surface area contributed by atoms with Crippen molar-refractivity contribution >= 4 is 44.4 Å². The van der Waals surface area contributed by atoms with Gasteiger partial charge in [0, 0.05) is 17.0 Å². The third-order valence-corrected chi connectivity index (χ3v) is 4.75. The second kappa shape index (κ2) is 9.11. The van der Waals surface area contributed by atoms with Gasteiger partial charge in [-0.05, 0) is 36.8 Å². The smallest absolute Gasteiger partial charge is 0.340 e. The molecule has 1 N–H and O–H groups in total. The molecule has 0 atom stereocenters. The van der Waals surface area contributed by atoms with Crippen molar-refractivity contribution in [3.63, 3.8) is 0 Å². The first kappa shape index (κ1) is 20.9. The Balaban J connectivity index is 1.77. The number of ether oxygens (including phenoxy) is 2. The molecule has 0 bridgehead atoms.